The minimum absolute atomic E-state index is 0.341. The molecule has 6 heteroatoms. The summed E-state index contributed by atoms with van der Waals surface area (Å²) in [6.07, 6.45) is 15.4. The first-order valence-electron chi connectivity index (χ1n) is 15.3. The van der Waals surface area contributed by atoms with Gasteiger partial charge in [0, 0.05) is 42.0 Å². The van der Waals surface area contributed by atoms with Crippen LogP contribution >= 0.6 is 0 Å². The van der Waals surface area contributed by atoms with Gasteiger partial charge in [-0.3, -0.25) is 0 Å². The van der Waals surface area contributed by atoms with E-state index in [1.807, 2.05) is 36.4 Å². The predicted octanol–water partition coefficient (Wildman–Crippen LogP) is 7.01. The van der Waals surface area contributed by atoms with Gasteiger partial charge in [0.05, 0.1) is 18.6 Å². The molecule has 2 fully saturated rings. The van der Waals surface area contributed by atoms with Crippen LogP contribution in [0, 0.1) is 0 Å². The van der Waals surface area contributed by atoms with E-state index in [2.05, 4.69) is 23.9 Å². The van der Waals surface area contributed by atoms with Crippen LogP contribution < -0.4 is 15.1 Å². The maximum Gasteiger partial charge on any atom is 0.344 e. The molecule has 39 heavy (non-hydrogen) atoms. The monoisotopic (exact) mass is 534 g/mol. The van der Waals surface area contributed by atoms with Crippen LogP contribution in [0.5, 0.6) is 11.5 Å². The third-order valence-corrected chi connectivity index (χ3v) is 8.90. The Bertz CT molecular complexity index is 1260. The van der Waals surface area contributed by atoms with Crippen LogP contribution in [0.3, 0.4) is 0 Å². The molecule has 2 saturated carbocycles. The molecule has 0 amide bonds. The van der Waals surface area contributed by atoms with Gasteiger partial charge >= 0.3 is 5.63 Å². The topological polar surface area (TPSA) is 55.1 Å². The lowest BCUT2D eigenvalue weighted by Crippen LogP contribution is -2.34. The molecule has 0 unspecified atom stereocenters. The fourth-order valence-corrected chi connectivity index (χ4v) is 6.49. The van der Waals surface area contributed by atoms with E-state index in [4.69, 9.17) is 13.9 Å². The zero-order valence-electron chi connectivity index (χ0n) is 24.0. The van der Waals surface area contributed by atoms with E-state index in [-0.39, 0.29) is 5.63 Å². The Labute approximate surface area is 233 Å². The number of benzene rings is 2. The van der Waals surface area contributed by atoms with Crippen molar-refractivity contribution in [1.82, 2.24) is 9.80 Å². The highest BCUT2D eigenvalue weighted by Crippen LogP contribution is 2.29. The third kappa shape index (κ3) is 7.34. The molecule has 0 saturated heterocycles. The van der Waals surface area contributed by atoms with Gasteiger partial charge in [-0.05, 0) is 83.0 Å². The molecule has 3 aromatic rings. The lowest BCUT2D eigenvalue weighted by atomic mass is 9.94. The average Bonchev–Trinajstić information content (AvgIpc) is 2.98. The van der Waals surface area contributed by atoms with Gasteiger partial charge in [-0.25, -0.2) is 4.79 Å². The van der Waals surface area contributed by atoms with Crippen molar-refractivity contribution in [2.24, 2.45) is 0 Å². The SMILES string of the molecule is CN(CCCOc1ccc2c(c1)oc(=O)c1cc(OCCCN(C)C3CCCCC3)ccc12)C1CCCCC1. The summed E-state index contributed by atoms with van der Waals surface area (Å²) >= 11 is 0. The molecule has 0 radical (unpaired) electrons. The molecule has 0 aliphatic heterocycles. The quantitative estimate of drug-likeness (QED) is 0.141. The predicted molar refractivity (Wildman–Crippen MR) is 159 cm³/mol. The Morgan fingerprint density at radius 1 is 0.692 bits per heavy atom. The molecule has 6 nitrogen and oxygen atoms in total. The Balaban J connectivity index is 1.14. The second-order valence-corrected chi connectivity index (χ2v) is 11.7. The van der Waals surface area contributed by atoms with Crippen molar-refractivity contribution in [2.45, 2.75) is 89.1 Å². The van der Waals surface area contributed by atoms with E-state index in [0.29, 0.717) is 29.9 Å². The summed E-state index contributed by atoms with van der Waals surface area (Å²) in [5.74, 6) is 1.45. The number of hydrogen-bond donors (Lipinski definition) is 0. The molecule has 0 spiro atoms. The second-order valence-electron chi connectivity index (χ2n) is 11.7. The van der Waals surface area contributed by atoms with Gasteiger partial charge in [-0.15, -0.1) is 0 Å². The van der Waals surface area contributed by atoms with Crippen LogP contribution in [0.4, 0.5) is 0 Å². The van der Waals surface area contributed by atoms with Crippen molar-refractivity contribution >= 4 is 21.7 Å². The number of hydrogen-bond acceptors (Lipinski definition) is 6. The van der Waals surface area contributed by atoms with Gasteiger partial charge in [-0.1, -0.05) is 38.5 Å². The molecule has 5 rings (SSSR count). The molecule has 212 valence electrons. The van der Waals surface area contributed by atoms with Gasteiger partial charge in [0.1, 0.15) is 17.1 Å². The normalized spacial score (nSPS) is 17.4. The lowest BCUT2D eigenvalue weighted by Gasteiger charge is -2.31. The standard InChI is InChI=1S/C33H46N2O4/c1-34(25-11-5-3-6-12-25)19-9-21-37-27-15-17-29-30-18-16-28(24-32(30)39-33(36)31(29)23-27)38-22-10-20-35(2)26-13-7-4-8-14-26/h15-18,23-26H,3-14,19-22H2,1-2H3. The molecule has 2 aliphatic rings. The first kappa shape index (κ1) is 28.0. The lowest BCUT2D eigenvalue weighted by molar-refractivity contribution is 0.177. The van der Waals surface area contributed by atoms with Crippen molar-refractivity contribution < 1.29 is 13.9 Å². The van der Waals surface area contributed by atoms with Crippen LogP contribution in [-0.2, 0) is 0 Å². The minimum atomic E-state index is -0.341. The van der Waals surface area contributed by atoms with E-state index in [1.54, 1.807) is 0 Å². The van der Waals surface area contributed by atoms with Crippen molar-refractivity contribution in [3.63, 3.8) is 0 Å². The zero-order valence-corrected chi connectivity index (χ0v) is 24.0. The highest BCUT2D eigenvalue weighted by molar-refractivity contribution is 6.04. The van der Waals surface area contributed by atoms with Gasteiger partial charge in [0.15, 0.2) is 0 Å². The van der Waals surface area contributed by atoms with E-state index in [9.17, 15) is 4.79 Å². The summed E-state index contributed by atoms with van der Waals surface area (Å²) in [5, 5.41) is 2.35. The van der Waals surface area contributed by atoms with E-state index < -0.39 is 0 Å². The molecule has 0 atom stereocenters. The summed E-state index contributed by atoms with van der Waals surface area (Å²) in [6, 6.07) is 13.0. The smallest absolute Gasteiger partial charge is 0.344 e. The second kappa shape index (κ2) is 13.7. The Morgan fingerprint density at radius 2 is 1.21 bits per heavy atom. The Morgan fingerprint density at radius 3 is 1.77 bits per heavy atom. The average molecular weight is 535 g/mol. The van der Waals surface area contributed by atoms with Crippen molar-refractivity contribution in [3.05, 3.63) is 46.8 Å². The summed E-state index contributed by atoms with van der Waals surface area (Å²) in [6.45, 7) is 3.36. The van der Waals surface area contributed by atoms with Gasteiger partial charge in [0.25, 0.3) is 0 Å². The first-order valence-corrected chi connectivity index (χ1v) is 15.3. The van der Waals surface area contributed by atoms with E-state index >= 15 is 0 Å². The summed E-state index contributed by atoms with van der Waals surface area (Å²) in [7, 11) is 4.47. The summed E-state index contributed by atoms with van der Waals surface area (Å²) in [5.41, 5.74) is 0.218. The van der Waals surface area contributed by atoms with Crippen LogP contribution in [0.2, 0.25) is 0 Å². The molecular weight excluding hydrogens is 488 g/mol. The zero-order chi connectivity index (χ0) is 27.0. The largest absolute Gasteiger partial charge is 0.494 e. The highest BCUT2D eigenvalue weighted by Gasteiger charge is 2.18. The minimum Gasteiger partial charge on any atom is -0.494 e. The molecule has 0 N–H and O–H groups in total. The fourth-order valence-electron chi connectivity index (χ4n) is 6.49. The van der Waals surface area contributed by atoms with Crippen LogP contribution in [0.1, 0.15) is 77.0 Å². The maximum atomic E-state index is 12.9. The Kier molecular flexibility index (Phi) is 9.81. The van der Waals surface area contributed by atoms with Gasteiger partial charge in [-0.2, -0.15) is 0 Å². The number of nitrogens with zero attached hydrogens (tertiary/aromatic N) is 2. The van der Waals surface area contributed by atoms with E-state index in [0.717, 1.165) is 54.5 Å². The maximum absolute atomic E-state index is 12.9. The van der Waals surface area contributed by atoms with Crippen LogP contribution in [0.25, 0.3) is 21.7 Å². The van der Waals surface area contributed by atoms with Gasteiger partial charge in [0.2, 0.25) is 0 Å². The van der Waals surface area contributed by atoms with Crippen molar-refractivity contribution in [2.75, 3.05) is 40.4 Å². The van der Waals surface area contributed by atoms with Crippen LogP contribution in [-0.4, -0.2) is 62.3 Å². The first-order chi connectivity index (χ1) is 19.1. The number of rotatable bonds is 12. The number of fused-ring (bicyclic) bond motifs is 3. The number of ether oxygens (including phenoxy) is 2. The molecular formula is C33H46N2O4. The molecule has 2 aromatic carbocycles. The summed E-state index contributed by atoms with van der Waals surface area (Å²) < 4.78 is 17.8. The van der Waals surface area contributed by atoms with Crippen molar-refractivity contribution in [3.8, 4) is 11.5 Å². The van der Waals surface area contributed by atoms with Gasteiger partial charge < -0.3 is 23.7 Å². The fraction of sp³-hybridized carbons (Fsp3) is 0.606. The molecule has 1 aromatic heterocycles. The Hall–Kier alpha value is -2.57. The third-order valence-electron chi connectivity index (χ3n) is 8.90. The molecule has 1 heterocycles. The van der Waals surface area contributed by atoms with Crippen molar-refractivity contribution in [1.29, 1.82) is 0 Å². The molecule has 0 bridgehead atoms. The van der Waals surface area contributed by atoms with Crippen LogP contribution in [0.15, 0.2) is 45.6 Å². The molecule has 2 aliphatic carbocycles. The summed E-state index contributed by atoms with van der Waals surface area (Å²) in [4.78, 5) is 17.8. The highest BCUT2D eigenvalue weighted by atomic mass is 16.5. The van der Waals surface area contributed by atoms with E-state index in [1.165, 1.54) is 64.2 Å².